The second-order valence-electron chi connectivity index (χ2n) is 10.2. The van der Waals surface area contributed by atoms with Gasteiger partial charge in [-0.25, -0.2) is 0 Å². The van der Waals surface area contributed by atoms with Crippen LogP contribution in [-0.2, 0) is 19.1 Å². The lowest BCUT2D eigenvalue weighted by molar-refractivity contribution is -0.167. The van der Waals surface area contributed by atoms with Gasteiger partial charge in [0.1, 0.15) is 11.9 Å². The molecule has 7 atom stereocenters. The molecule has 0 heterocycles. The number of esters is 1. The SMILES string of the molecule is CCC(=O)O[C@H]1CC[C@@]2(C)[C@H](CC[C@H]3[C@H]4CC=C(C(C)=O)[C@]4(C)CC(=O)[C@@H]32)C1. The van der Waals surface area contributed by atoms with E-state index < -0.39 is 0 Å². The van der Waals surface area contributed by atoms with Crippen molar-refractivity contribution in [2.75, 3.05) is 0 Å². The summed E-state index contributed by atoms with van der Waals surface area (Å²) in [6.07, 6.45) is 8.92. The van der Waals surface area contributed by atoms with Gasteiger partial charge in [-0.1, -0.05) is 26.8 Å². The molecule has 3 saturated carbocycles. The fourth-order valence-corrected chi connectivity index (χ4v) is 7.53. The van der Waals surface area contributed by atoms with Crippen LogP contribution < -0.4 is 0 Å². The van der Waals surface area contributed by atoms with Gasteiger partial charge in [0, 0.05) is 24.2 Å². The number of hydrogen-bond acceptors (Lipinski definition) is 4. The van der Waals surface area contributed by atoms with Gasteiger partial charge >= 0.3 is 5.97 Å². The van der Waals surface area contributed by atoms with Gasteiger partial charge in [-0.2, -0.15) is 0 Å². The summed E-state index contributed by atoms with van der Waals surface area (Å²) < 4.78 is 5.65. The van der Waals surface area contributed by atoms with Crippen molar-refractivity contribution in [1.82, 2.24) is 0 Å². The van der Waals surface area contributed by atoms with E-state index in [1.807, 2.05) is 6.92 Å². The first-order valence-electron chi connectivity index (χ1n) is 11.1. The number of ketones is 2. The Hall–Kier alpha value is -1.45. The zero-order valence-electron chi connectivity index (χ0n) is 17.8. The molecule has 0 saturated heterocycles. The van der Waals surface area contributed by atoms with Crippen LogP contribution in [0.3, 0.4) is 0 Å². The normalized spacial score (nSPS) is 44.8. The van der Waals surface area contributed by atoms with Crippen LogP contribution in [0, 0.1) is 34.5 Å². The third kappa shape index (κ3) is 2.81. The second kappa shape index (κ2) is 6.81. The number of allylic oxidation sites excluding steroid dienone is 2. The predicted molar refractivity (Wildman–Crippen MR) is 106 cm³/mol. The van der Waals surface area contributed by atoms with E-state index in [1.165, 1.54) is 0 Å². The van der Waals surface area contributed by atoms with Gasteiger partial charge in [0.15, 0.2) is 5.78 Å². The molecule has 0 aromatic carbocycles. The van der Waals surface area contributed by atoms with Crippen LogP contribution in [0.2, 0.25) is 0 Å². The van der Waals surface area contributed by atoms with Crippen molar-refractivity contribution in [3.8, 4) is 0 Å². The van der Waals surface area contributed by atoms with Gasteiger partial charge in [-0.15, -0.1) is 0 Å². The van der Waals surface area contributed by atoms with E-state index in [2.05, 4.69) is 19.9 Å². The average molecular weight is 387 g/mol. The standard InChI is InChI=1S/C24H34O4/c1-5-21(27)28-16-10-11-23(3)15(12-16)6-7-17-19-9-8-18(14(2)25)24(19,4)13-20(26)22(17)23/h8,15-17,19,22H,5-7,9-13H2,1-4H3/t15-,16+,17+,19-,22-,23+,24+/m1/s1. The molecular weight excluding hydrogens is 352 g/mol. The summed E-state index contributed by atoms with van der Waals surface area (Å²) in [5, 5.41) is 0. The Kier molecular flexibility index (Phi) is 4.83. The maximum absolute atomic E-state index is 13.5. The minimum Gasteiger partial charge on any atom is -0.462 e. The highest BCUT2D eigenvalue weighted by molar-refractivity contribution is 5.97. The summed E-state index contributed by atoms with van der Waals surface area (Å²) in [6.45, 7) is 7.96. The molecule has 0 aromatic rings. The number of fused-ring (bicyclic) bond motifs is 5. The Morgan fingerprint density at radius 3 is 2.64 bits per heavy atom. The maximum Gasteiger partial charge on any atom is 0.305 e. The monoisotopic (exact) mass is 386 g/mol. The highest BCUT2D eigenvalue weighted by Crippen LogP contribution is 2.65. The number of rotatable bonds is 3. The van der Waals surface area contributed by atoms with Crippen molar-refractivity contribution in [2.24, 2.45) is 34.5 Å². The molecule has 0 amide bonds. The summed E-state index contributed by atoms with van der Waals surface area (Å²) in [6, 6.07) is 0. The largest absolute Gasteiger partial charge is 0.462 e. The smallest absolute Gasteiger partial charge is 0.305 e. The summed E-state index contributed by atoms with van der Waals surface area (Å²) in [5.74, 6) is 1.75. The lowest BCUT2D eigenvalue weighted by Crippen LogP contribution is -2.57. The summed E-state index contributed by atoms with van der Waals surface area (Å²) >= 11 is 0. The average Bonchev–Trinajstić information content (AvgIpc) is 2.98. The first-order chi connectivity index (χ1) is 13.2. The number of ether oxygens (including phenoxy) is 1. The Morgan fingerprint density at radius 1 is 1.21 bits per heavy atom. The van der Waals surface area contributed by atoms with E-state index in [0.29, 0.717) is 36.4 Å². The maximum atomic E-state index is 13.5. The summed E-state index contributed by atoms with van der Waals surface area (Å²) in [5.41, 5.74) is 0.642. The van der Waals surface area contributed by atoms with Crippen molar-refractivity contribution < 1.29 is 19.1 Å². The van der Waals surface area contributed by atoms with Crippen LogP contribution in [0.15, 0.2) is 11.6 Å². The number of hydrogen-bond donors (Lipinski definition) is 0. The lowest BCUT2D eigenvalue weighted by atomic mass is 9.44. The van der Waals surface area contributed by atoms with E-state index in [9.17, 15) is 14.4 Å². The molecule has 0 bridgehead atoms. The van der Waals surface area contributed by atoms with Crippen molar-refractivity contribution >= 4 is 17.5 Å². The lowest BCUT2D eigenvalue weighted by Gasteiger charge is -2.59. The molecule has 154 valence electrons. The third-order valence-electron chi connectivity index (χ3n) is 8.85. The van der Waals surface area contributed by atoms with E-state index in [-0.39, 0.29) is 34.6 Å². The molecule has 4 heteroatoms. The molecule has 3 fully saturated rings. The van der Waals surface area contributed by atoms with Crippen molar-refractivity contribution in [1.29, 1.82) is 0 Å². The number of carbonyl (C=O) groups excluding carboxylic acids is 3. The van der Waals surface area contributed by atoms with Crippen LogP contribution >= 0.6 is 0 Å². The highest BCUT2D eigenvalue weighted by Gasteiger charge is 2.62. The zero-order chi connectivity index (χ0) is 20.3. The highest BCUT2D eigenvalue weighted by atomic mass is 16.5. The molecule has 4 nitrogen and oxygen atoms in total. The van der Waals surface area contributed by atoms with Crippen molar-refractivity contribution in [2.45, 2.75) is 85.2 Å². The molecule has 28 heavy (non-hydrogen) atoms. The van der Waals surface area contributed by atoms with Gasteiger partial charge in [-0.3, -0.25) is 14.4 Å². The fraction of sp³-hybridized carbons (Fsp3) is 0.792. The van der Waals surface area contributed by atoms with Crippen molar-refractivity contribution in [3.05, 3.63) is 11.6 Å². The van der Waals surface area contributed by atoms with E-state index in [0.717, 1.165) is 44.1 Å². The van der Waals surface area contributed by atoms with Crippen LogP contribution in [0.5, 0.6) is 0 Å². The molecule has 0 aromatic heterocycles. The van der Waals surface area contributed by atoms with Crippen LogP contribution in [-0.4, -0.2) is 23.6 Å². The first-order valence-corrected chi connectivity index (χ1v) is 11.1. The molecule has 0 radical (unpaired) electrons. The molecule has 4 aliphatic rings. The minimum atomic E-state index is -0.263. The van der Waals surface area contributed by atoms with Crippen LogP contribution in [0.1, 0.15) is 79.1 Å². The van der Waals surface area contributed by atoms with Crippen molar-refractivity contribution in [3.63, 3.8) is 0 Å². The predicted octanol–water partition coefficient (Wildman–Crippen LogP) is 4.66. The Morgan fingerprint density at radius 2 is 1.96 bits per heavy atom. The van der Waals surface area contributed by atoms with Crippen LogP contribution in [0.25, 0.3) is 0 Å². The van der Waals surface area contributed by atoms with Gasteiger partial charge in [-0.05, 0) is 74.2 Å². The molecule has 4 rings (SSSR count). The topological polar surface area (TPSA) is 60.4 Å². The number of carbonyl (C=O) groups is 3. The van der Waals surface area contributed by atoms with E-state index in [4.69, 9.17) is 4.74 Å². The summed E-state index contributed by atoms with van der Waals surface area (Å²) in [4.78, 5) is 37.4. The quantitative estimate of drug-likeness (QED) is 0.662. The molecule has 0 spiro atoms. The second-order valence-corrected chi connectivity index (χ2v) is 10.2. The third-order valence-corrected chi connectivity index (χ3v) is 8.85. The molecule has 0 aliphatic heterocycles. The molecular formula is C24H34O4. The molecule has 4 aliphatic carbocycles. The molecule has 0 unspecified atom stereocenters. The van der Waals surface area contributed by atoms with Gasteiger partial charge < -0.3 is 4.74 Å². The van der Waals surface area contributed by atoms with Gasteiger partial charge in [0.2, 0.25) is 0 Å². The Labute approximate surface area is 168 Å². The first kappa shape index (κ1) is 19.8. The Balaban J connectivity index is 1.57. The van der Waals surface area contributed by atoms with E-state index >= 15 is 0 Å². The summed E-state index contributed by atoms with van der Waals surface area (Å²) in [7, 11) is 0. The fourth-order valence-electron chi connectivity index (χ4n) is 7.53. The van der Waals surface area contributed by atoms with E-state index in [1.54, 1.807) is 6.92 Å². The Bertz CT molecular complexity index is 737. The van der Waals surface area contributed by atoms with Gasteiger partial charge in [0.05, 0.1) is 0 Å². The minimum absolute atomic E-state index is 0.00935. The number of Topliss-reactive ketones (excluding diaryl/α,β-unsaturated/α-hetero) is 2. The van der Waals surface area contributed by atoms with Crippen LogP contribution in [0.4, 0.5) is 0 Å². The zero-order valence-corrected chi connectivity index (χ0v) is 17.8. The van der Waals surface area contributed by atoms with Gasteiger partial charge in [0.25, 0.3) is 0 Å². The molecule has 0 N–H and O–H groups in total.